The van der Waals surface area contributed by atoms with Crippen LogP contribution in [0.4, 0.5) is 5.69 Å². The minimum atomic E-state index is -0.876. The van der Waals surface area contributed by atoms with Gasteiger partial charge >= 0.3 is 0 Å². The maximum Gasteiger partial charge on any atom is 0.257 e. The van der Waals surface area contributed by atoms with Crippen molar-refractivity contribution in [2.75, 3.05) is 18.6 Å². The van der Waals surface area contributed by atoms with Crippen molar-refractivity contribution < 1.29 is 19.1 Å². The molecule has 3 aromatic rings. The summed E-state index contributed by atoms with van der Waals surface area (Å²) in [4.78, 5) is 42.2. The number of halogens is 1. The predicted octanol–water partition coefficient (Wildman–Crippen LogP) is 4.37. The summed E-state index contributed by atoms with van der Waals surface area (Å²) in [5.74, 6) is -0.302. The number of methoxy groups -OCH3 is 1. The van der Waals surface area contributed by atoms with Crippen LogP contribution in [0.3, 0.4) is 0 Å². The lowest BCUT2D eigenvalue weighted by atomic mass is 10.1. The Kier molecular flexibility index (Phi) is 6.75. The Hall–Kier alpha value is -3.64. The van der Waals surface area contributed by atoms with Gasteiger partial charge in [-0.25, -0.2) is 4.90 Å². The van der Waals surface area contributed by atoms with Crippen LogP contribution in [-0.4, -0.2) is 42.3 Å². The van der Waals surface area contributed by atoms with Crippen molar-refractivity contribution in [1.82, 2.24) is 4.90 Å². The summed E-state index contributed by atoms with van der Waals surface area (Å²) in [6, 6.07) is 22.0. The van der Waals surface area contributed by atoms with Crippen molar-refractivity contribution in [3.63, 3.8) is 0 Å². The molecule has 0 N–H and O–H groups in total. The molecular formula is C26H23ClN2O4. The van der Waals surface area contributed by atoms with Gasteiger partial charge in [0.1, 0.15) is 11.8 Å². The molecule has 3 amide bonds. The normalized spacial score (nSPS) is 15.6. The van der Waals surface area contributed by atoms with Crippen LogP contribution in [0, 0.1) is 0 Å². The maximum absolute atomic E-state index is 13.4. The molecule has 33 heavy (non-hydrogen) atoms. The molecule has 1 saturated heterocycles. The third kappa shape index (κ3) is 4.91. The first-order valence-electron chi connectivity index (χ1n) is 10.6. The number of imide groups is 1. The van der Waals surface area contributed by atoms with Crippen molar-refractivity contribution in [3.8, 4) is 5.75 Å². The quantitative estimate of drug-likeness (QED) is 0.489. The Morgan fingerprint density at radius 3 is 2.30 bits per heavy atom. The van der Waals surface area contributed by atoms with Crippen LogP contribution in [0.2, 0.25) is 5.02 Å². The fourth-order valence-corrected chi connectivity index (χ4v) is 4.03. The third-order valence-corrected chi connectivity index (χ3v) is 5.92. The van der Waals surface area contributed by atoms with Crippen LogP contribution < -0.4 is 9.64 Å². The highest BCUT2D eigenvalue weighted by atomic mass is 35.5. The van der Waals surface area contributed by atoms with Crippen LogP contribution in [-0.2, 0) is 16.0 Å². The number of benzene rings is 3. The van der Waals surface area contributed by atoms with E-state index in [1.54, 1.807) is 55.6 Å². The molecule has 0 unspecified atom stereocenters. The average Bonchev–Trinajstić information content (AvgIpc) is 3.14. The van der Waals surface area contributed by atoms with Crippen molar-refractivity contribution in [3.05, 3.63) is 95.0 Å². The van der Waals surface area contributed by atoms with Crippen molar-refractivity contribution >= 4 is 35.0 Å². The highest BCUT2D eigenvalue weighted by molar-refractivity contribution is 6.31. The largest absolute Gasteiger partial charge is 0.497 e. The molecule has 1 atom stereocenters. The summed E-state index contributed by atoms with van der Waals surface area (Å²) in [7, 11) is 1.60. The highest BCUT2D eigenvalue weighted by Crippen LogP contribution is 2.28. The molecule has 4 rings (SSSR count). The molecule has 0 bridgehead atoms. The summed E-state index contributed by atoms with van der Waals surface area (Å²) >= 11 is 5.95. The van der Waals surface area contributed by atoms with Gasteiger partial charge in [-0.1, -0.05) is 41.9 Å². The Bertz CT molecular complexity index is 1150. The SMILES string of the molecule is COc1ccc(CCN(C(=O)c2ccccc2)[C@@H]2CC(=O)N(c3ccc(Cl)cc3)C2=O)cc1. The smallest absolute Gasteiger partial charge is 0.257 e. The Morgan fingerprint density at radius 1 is 1.00 bits per heavy atom. The number of carbonyl (C=O) groups excluding carboxylic acids is 3. The van der Waals surface area contributed by atoms with E-state index in [2.05, 4.69) is 0 Å². The zero-order chi connectivity index (χ0) is 23.4. The van der Waals surface area contributed by atoms with E-state index < -0.39 is 11.9 Å². The summed E-state index contributed by atoms with van der Waals surface area (Å²) in [6.45, 7) is 0.290. The second-order valence-electron chi connectivity index (χ2n) is 7.73. The fraction of sp³-hybridized carbons (Fsp3) is 0.192. The van der Waals surface area contributed by atoms with Gasteiger partial charge in [0.25, 0.3) is 11.8 Å². The van der Waals surface area contributed by atoms with Gasteiger partial charge < -0.3 is 9.64 Å². The van der Waals surface area contributed by atoms with Gasteiger partial charge in [-0.05, 0) is 60.5 Å². The number of nitrogens with zero attached hydrogens (tertiary/aromatic N) is 2. The highest BCUT2D eigenvalue weighted by Gasteiger charge is 2.44. The van der Waals surface area contributed by atoms with E-state index >= 15 is 0 Å². The molecule has 1 heterocycles. The van der Waals surface area contributed by atoms with Gasteiger partial charge in [0.2, 0.25) is 5.91 Å². The van der Waals surface area contributed by atoms with E-state index in [0.717, 1.165) is 16.2 Å². The van der Waals surface area contributed by atoms with E-state index in [-0.39, 0.29) is 24.8 Å². The lowest BCUT2D eigenvalue weighted by Gasteiger charge is -2.28. The van der Waals surface area contributed by atoms with E-state index in [1.807, 2.05) is 30.3 Å². The number of hydrogen-bond acceptors (Lipinski definition) is 4. The summed E-state index contributed by atoms with van der Waals surface area (Å²) in [5.41, 5.74) is 1.91. The van der Waals surface area contributed by atoms with E-state index in [1.165, 1.54) is 4.90 Å². The zero-order valence-corrected chi connectivity index (χ0v) is 18.9. The molecule has 168 valence electrons. The molecular weight excluding hydrogens is 440 g/mol. The predicted molar refractivity (Wildman–Crippen MR) is 127 cm³/mol. The van der Waals surface area contributed by atoms with Crippen LogP contribution in [0.5, 0.6) is 5.75 Å². The first kappa shape index (κ1) is 22.6. The van der Waals surface area contributed by atoms with E-state index in [4.69, 9.17) is 16.3 Å². The van der Waals surface area contributed by atoms with E-state index in [0.29, 0.717) is 22.7 Å². The molecule has 0 radical (unpaired) electrons. The molecule has 1 fully saturated rings. The minimum Gasteiger partial charge on any atom is -0.497 e. The van der Waals surface area contributed by atoms with Gasteiger partial charge in [-0.3, -0.25) is 14.4 Å². The van der Waals surface area contributed by atoms with Gasteiger partial charge in [-0.15, -0.1) is 0 Å². The number of anilines is 1. The molecule has 3 aromatic carbocycles. The number of carbonyl (C=O) groups is 3. The van der Waals surface area contributed by atoms with Crippen molar-refractivity contribution in [2.45, 2.75) is 18.9 Å². The summed E-state index contributed by atoms with van der Waals surface area (Å²) in [6.07, 6.45) is 0.462. The van der Waals surface area contributed by atoms with Crippen LogP contribution in [0.1, 0.15) is 22.3 Å². The summed E-state index contributed by atoms with van der Waals surface area (Å²) in [5, 5.41) is 0.509. The van der Waals surface area contributed by atoms with Crippen LogP contribution in [0.25, 0.3) is 0 Å². The standard InChI is InChI=1S/C26H23ClN2O4/c1-33-22-13-7-18(8-14-22)15-16-28(25(31)19-5-3-2-4-6-19)23-17-24(30)29(26(23)32)21-11-9-20(27)10-12-21/h2-14,23H,15-17H2,1H3/t23-/m1/s1. The van der Waals surface area contributed by atoms with Crippen molar-refractivity contribution in [1.29, 1.82) is 0 Å². The number of amides is 3. The van der Waals surface area contributed by atoms with E-state index in [9.17, 15) is 14.4 Å². The minimum absolute atomic E-state index is 0.0668. The third-order valence-electron chi connectivity index (χ3n) is 5.67. The molecule has 6 nitrogen and oxygen atoms in total. The average molecular weight is 463 g/mol. The molecule has 0 saturated carbocycles. The van der Waals surface area contributed by atoms with Crippen LogP contribution in [0.15, 0.2) is 78.9 Å². The first-order valence-corrected chi connectivity index (χ1v) is 11.0. The molecule has 1 aliphatic heterocycles. The second-order valence-corrected chi connectivity index (χ2v) is 8.16. The maximum atomic E-state index is 13.4. The monoisotopic (exact) mass is 462 g/mol. The second kappa shape index (κ2) is 9.88. The fourth-order valence-electron chi connectivity index (χ4n) is 3.91. The zero-order valence-electron chi connectivity index (χ0n) is 18.1. The summed E-state index contributed by atoms with van der Waals surface area (Å²) < 4.78 is 5.20. The van der Waals surface area contributed by atoms with Crippen LogP contribution >= 0.6 is 11.6 Å². The van der Waals surface area contributed by atoms with Crippen molar-refractivity contribution in [2.24, 2.45) is 0 Å². The van der Waals surface area contributed by atoms with Gasteiger partial charge in [0.05, 0.1) is 19.2 Å². The van der Waals surface area contributed by atoms with Gasteiger partial charge in [0, 0.05) is 17.1 Å². The molecule has 1 aliphatic rings. The van der Waals surface area contributed by atoms with Gasteiger partial charge in [-0.2, -0.15) is 0 Å². The molecule has 0 aromatic heterocycles. The van der Waals surface area contributed by atoms with Gasteiger partial charge in [0.15, 0.2) is 0 Å². The number of hydrogen-bond donors (Lipinski definition) is 0. The number of ether oxygens (including phenoxy) is 1. The Balaban J connectivity index is 1.60. The lowest BCUT2D eigenvalue weighted by Crippen LogP contribution is -2.46. The molecule has 0 spiro atoms. The topological polar surface area (TPSA) is 66.9 Å². The molecule has 7 heteroatoms. The first-order chi connectivity index (χ1) is 16.0. The Labute approximate surface area is 197 Å². The number of rotatable bonds is 7. The lowest BCUT2D eigenvalue weighted by molar-refractivity contribution is -0.122. The Morgan fingerprint density at radius 2 is 1.67 bits per heavy atom. The molecule has 0 aliphatic carbocycles.